The standard InChI is InChI=1S/C29H39N3O6/c1-19(33)38-29-17-21(34)24(28(2,3)18-29)23-25(29)27(36)32(26(23)35)12-8-7-11-30-13-15-31(16-14-30)20-9-5-6-10-22(20)37-4/h5-6,9-10,23-25H,7-8,11-18H2,1-4H3. The summed E-state index contributed by atoms with van der Waals surface area (Å²) in [5, 5.41) is 0. The number of piperazine rings is 1. The highest BCUT2D eigenvalue weighted by Crippen LogP contribution is 2.62. The molecule has 9 nitrogen and oxygen atoms in total. The van der Waals surface area contributed by atoms with Gasteiger partial charge in [0, 0.05) is 52.0 Å². The van der Waals surface area contributed by atoms with Crippen LogP contribution in [-0.4, -0.2) is 85.3 Å². The van der Waals surface area contributed by atoms with E-state index in [2.05, 4.69) is 15.9 Å². The topological polar surface area (TPSA) is 96.5 Å². The summed E-state index contributed by atoms with van der Waals surface area (Å²) in [7, 11) is 1.69. The van der Waals surface area contributed by atoms with Crippen molar-refractivity contribution in [3.8, 4) is 5.75 Å². The maximum absolute atomic E-state index is 13.5. The van der Waals surface area contributed by atoms with E-state index in [9.17, 15) is 19.2 Å². The van der Waals surface area contributed by atoms with E-state index in [-0.39, 0.29) is 24.0 Å². The lowest BCUT2D eigenvalue weighted by atomic mass is 9.47. The van der Waals surface area contributed by atoms with E-state index in [0.717, 1.165) is 50.6 Å². The number of amides is 2. The fourth-order valence-electron chi connectivity index (χ4n) is 7.68. The number of imide groups is 1. The number of anilines is 1. The number of Topliss-reactive ketones (excluding diaryl/α,β-unsaturated/α-hetero) is 1. The molecule has 4 unspecified atom stereocenters. The Labute approximate surface area is 224 Å². The second-order valence-electron chi connectivity index (χ2n) is 12.0. The molecule has 38 heavy (non-hydrogen) atoms. The van der Waals surface area contributed by atoms with Crippen molar-refractivity contribution in [2.24, 2.45) is 23.2 Å². The number of hydrogen-bond acceptors (Lipinski definition) is 8. The largest absolute Gasteiger partial charge is 0.495 e. The number of ketones is 1. The first-order chi connectivity index (χ1) is 18.1. The summed E-state index contributed by atoms with van der Waals surface area (Å²) in [5.41, 5.74) is -0.609. The number of ether oxygens (including phenoxy) is 2. The van der Waals surface area contributed by atoms with Crippen molar-refractivity contribution in [1.29, 1.82) is 0 Å². The third kappa shape index (κ3) is 4.48. The van der Waals surface area contributed by atoms with Gasteiger partial charge in [-0.15, -0.1) is 0 Å². The van der Waals surface area contributed by atoms with E-state index >= 15 is 0 Å². The molecule has 2 aliphatic heterocycles. The van der Waals surface area contributed by atoms with E-state index < -0.39 is 34.7 Å². The van der Waals surface area contributed by atoms with E-state index in [1.165, 1.54) is 11.8 Å². The Kier molecular flexibility index (Phi) is 7.00. The smallest absolute Gasteiger partial charge is 0.303 e. The summed E-state index contributed by atoms with van der Waals surface area (Å²) in [4.78, 5) is 58.2. The van der Waals surface area contributed by atoms with Crippen molar-refractivity contribution >= 4 is 29.3 Å². The summed E-state index contributed by atoms with van der Waals surface area (Å²) in [5.74, 6) is -2.24. The SMILES string of the molecule is COc1ccccc1N1CCN(CCCCN2C(=O)C3C4C(=O)CC(OC(C)=O)(CC4(C)C)C3C2=O)CC1. The number of unbranched alkanes of at least 4 members (excludes halogenated alkanes) is 1. The number of carbonyl (C=O) groups is 4. The van der Waals surface area contributed by atoms with Gasteiger partial charge in [-0.3, -0.25) is 29.0 Å². The molecule has 206 valence electrons. The molecule has 0 aromatic heterocycles. The van der Waals surface area contributed by atoms with E-state index in [1.54, 1.807) is 7.11 Å². The maximum Gasteiger partial charge on any atom is 0.303 e. The molecule has 0 spiro atoms. The number of likely N-dealkylation sites (tertiary alicyclic amines) is 1. The third-order valence-electron chi connectivity index (χ3n) is 9.04. The molecule has 2 heterocycles. The van der Waals surface area contributed by atoms with Gasteiger partial charge in [-0.2, -0.15) is 0 Å². The second kappa shape index (κ2) is 9.98. The van der Waals surface area contributed by atoms with Crippen molar-refractivity contribution in [2.45, 2.75) is 52.1 Å². The van der Waals surface area contributed by atoms with Crippen LogP contribution in [0.5, 0.6) is 5.75 Å². The molecule has 6 rings (SSSR count). The van der Waals surface area contributed by atoms with Crippen LogP contribution in [0.1, 0.15) is 46.5 Å². The Morgan fingerprint density at radius 3 is 2.32 bits per heavy atom. The molecular formula is C29H39N3O6. The first-order valence-electron chi connectivity index (χ1n) is 13.8. The number of rotatable bonds is 8. The molecular weight excluding hydrogens is 486 g/mol. The zero-order valence-corrected chi connectivity index (χ0v) is 22.9. The fourth-order valence-corrected chi connectivity index (χ4v) is 7.68. The first-order valence-corrected chi connectivity index (χ1v) is 13.8. The van der Waals surface area contributed by atoms with Gasteiger partial charge in [0.05, 0.1) is 24.6 Å². The van der Waals surface area contributed by atoms with Gasteiger partial charge < -0.3 is 14.4 Å². The van der Waals surface area contributed by atoms with Crippen molar-refractivity contribution in [3.05, 3.63) is 24.3 Å². The number of benzene rings is 1. The van der Waals surface area contributed by atoms with Crippen molar-refractivity contribution < 1.29 is 28.7 Å². The molecule has 1 aromatic rings. The molecule has 4 atom stereocenters. The number of esters is 1. The summed E-state index contributed by atoms with van der Waals surface area (Å²) in [6, 6.07) is 8.07. The summed E-state index contributed by atoms with van der Waals surface area (Å²) in [6.07, 6.45) is 2.01. The van der Waals surface area contributed by atoms with Gasteiger partial charge in [0.15, 0.2) is 0 Å². The van der Waals surface area contributed by atoms with E-state index in [1.807, 2.05) is 32.0 Å². The number of methoxy groups -OCH3 is 1. The van der Waals surface area contributed by atoms with Crippen LogP contribution >= 0.6 is 0 Å². The van der Waals surface area contributed by atoms with Crippen LogP contribution in [-0.2, 0) is 23.9 Å². The van der Waals surface area contributed by atoms with Gasteiger partial charge in [-0.1, -0.05) is 26.0 Å². The molecule has 9 heteroatoms. The molecule has 3 saturated carbocycles. The van der Waals surface area contributed by atoms with Crippen molar-refractivity contribution in [2.75, 3.05) is 51.3 Å². The highest BCUT2D eigenvalue weighted by atomic mass is 16.6. The number of hydrogen-bond donors (Lipinski definition) is 0. The Morgan fingerprint density at radius 2 is 1.66 bits per heavy atom. The molecule has 0 radical (unpaired) electrons. The van der Waals surface area contributed by atoms with Crippen LogP contribution < -0.4 is 9.64 Å². The monoisotopic (exact) mass is 525 g/mol. The van der Waals surface area contributed by atoms with Crippen LogP contribution in [0.2, 0.25) is 0 Å². The zero-order valence-electron chi connectivity index (χ0n) is 22.9. The second-order valence-corrected chi connectivity index (χ2v) is 12.0. The van der Waals surface area contributed by atoms with Crippen LogP contribution in [0.15, 0.2) is 24.3 Å². The number of para-hydroxylation sites is 2. The molecule has 5 aliphatic rings. The predicted molar refractivity (Wildman–Crippen MR) is 141 cm³/mol. The van der Waals surface area contributed by atoms with Crippen molar-refractivity contribution in [3.63, 3.8) is 0 Å². The zero-order chi connectivity index (χ0) is 27.2. The lowest BCUT2D eigenvalue weighted by Gasteiger charge is -2.57. The maximum atomic E-state index is 13.5. The fraction of sp³-hybridized carbons (Fsp3) is 0.655. The minimum atomic E-state index is -1.21. The van der Waals surface area contributed by atoms with E-state index in [0.29, 0.717) is 19.4 Å². The normalized spacial score (nSPS) is 30.5. The lowest BCUT2D eigenvalue weighted by Crippen LogP contribution is -2.65. The predicted octanol–water partition coefficient (Wildman–Crippen LogP) is 2.52. The van der Waals surface area contributed by atoms with Gasteiger partial charge >= 0.3 is 5.97 Å². The first kappa shape index (κ1) is 26.7. The molecule has 5 fully saturated rings. The van der Waals surface area contributed by atoms with Gasteiger partial charge in [0.1, 0.15) is 17.1 Å². The van der Waals surface area contributed by atoms with Crippen LogP contribution in [0, 0.1) is 23.2 Å². The average Bonchev–Trinajstić information content (AvgIpc) is 3.11. The van der Waals surface area contributed by atoms with Crippen LogP contribution in [0.4, 0.5) is 5.69 Å². The quantitative estimate of drug-likeness (QED) is 0.290. The molecule has 0 N–H and O–H groups in total. The Hall–Kier alpha value is -2.94. The number of carbonyl (C=O) groups excluding carboxylic acids is 4. The van der Waals surface area contributed by atoms with Crippen molar-refractivity contribution in [1.82, 2.24) is 9.80 Å². The molecule has 2 saturated heterocycles. The summed E-state index contributed by atoms with van der Waals surface area (Å²) >= 11 is 0. The van der Waals surface area contributed by atoms with E-state index in [4.69, 9.17) is 9.47 Å². The van der Waals surface area contributed by atoms with Gasteiger partial charge in [-0.25, -0.2) is 0 Å². The summed E-state index contributed by atoms with van der Waals surface area (Å²) < 4.78 is 11.2. The number of fused-ring (bicyclic) bond motifs is 2. The van der Waals surface area contributed by atoms with Gasteiger partial charge in [0.2, 0.25) is 11.8 Å². The molecule has 2 bridgehead atoms. The third-order valence-corrected chi connectivity index (χ3v) is 9.04. The molecule has 3 aliphatic carbocycles. The van der Waals surface area contributed by atoms with Gasteiger partial charge in [0.25, 0.3) is 0 Å². The molecule has 2 amide bonds. The number of nitrogens with zero attached hydrogens (tertiary/aromatic N) is 3. The Morgan fingerprint density at radius 1 is 0.974 bits per heavy atom. The minimum Gasteiger partial charge on any atom is -0.495 e. The highest BCUT2D eigenvalue weighted by molar-refractivity contribution is 6.10. The van der Waals surface area contributed by atoms with Crippen LogP contribution in [0.25, 0.3) is 0 Å². The highest BCUT2D eigenvalue weighted by Gasteiger charge is 2.72. The average molecular weight is 526 g/mol. The Balaban J connectivity index is 1.17. The lowest BCUT2D eigenvalue weighted by molar-refractivity contribution is -0.206. The van der Waals surface area contributed by atoms with Gasteiger partial charge in [-0.05, 0) is 43.4 Å². The molecule has 1 aromatic carbocycles. The Bertz CT molecular complexity index is 1120. The minimum absolute atomic E-state index is 0.0234. The summed E-state index contributed by atoms with van der Waals surface area (Å²) in [6.45, 7) is 10.1. The van der Waals surface area contributed by atoms with Crippen LogP contribution in [0.3, 0.4) is 0 Å².